The van der Waals surface area contributed by atoms with Gasteiger partial charge in [-0.25, -0.2) is 4.79 Å². The molecule has 1 atom stereocenters. The van der Waals surface area contributed by atoms with Gasteiger partial charge in [0.15, 0.2) is 6.10 Å². The van der Waals surface area contributed by atoms with Crippen molar-refractivity contribution in [2.45, 2.75) is 90.6 Å². The summed E-state index contributed by atoms with van der Waals surface area (Å²) >= 11 is 0. The molecule has 0 aromatic heterocycles. The van der Waals surface area contributed by atoms with Gasteiger partial charge in [0, 0.05) is 38.5 Å². The van der Waals surface area contributed by atoms with E-state index in [2.05, 4.69) is 11.1 Å². The van der Waals surface area contributed by atoms with Gasteiger partial charge in [0.2, 0.25) is 0 Å². The smallest absolute Gasteiger partial charge is 0.333 e. The number of hydroxylamine groups is 2. The molecule has 0 bridgehead atoms. The fourth-order valence-corrected chi connectivity index (χ4v) is 3.48. The van der Waals surface area contributed by atoms with Crippen LogP contribution in [0, 0.1) is 12.3 Å². The van der Waals surface area contributed by atoms with E-state index in [1.54, 1.807) is 0 Å². The van der Waals surface area contributed by atoms with E-state index in [1.807, 2.05) is 13.8 Å². The first kappa shape index (κ1) is 39.0. The first-order valence-corrected chi connectivity index (χ1v) is 14.9. The summed E-state index contributed by atoms with van der Waals surface area (Å²) in [6, 6.07) is 0. The highest BCUT2D eigenvalue weighted by Gasteiger charge is 2.32. The lowest BCUT2D eigenvalue weighted by atomic mass is 10.1. The fourth-order valence-electron chi connectivity index (χ4n) is 3.48. The minimum absolute atomic E-state index is 0.00774. The second-order valence-corrected chi connectivity index (χ2v) is 9.99. The Labute approximate surface area is 263 Å². The Morgan fingerprint density at radius 3 is 1.93 bits per heavy atom. The average molecular weight is 641 g/mol. The van der Waals surface area contributed by atoms with Crippen LogP contribution in [-0.2, 0) is 62.1 Å². The number of imide groups is 1. The molecule has 0 radical (unpaired) electrons. The zero-order valence-electron chi connectivity index (χ0n) is 26.1. The highest BCUT2D eigenvalue weighted by Crippen LogP contribution is 2.14. The first-order valence-electron chi connectivity index (χ1n) is 14.9. The fraction of sp³-hybridized carbons (Fsp3) is 0.700. The van der Waals surface area contributed by atoms with Gasteiger partial charge in [-0.1, -0.05) is 11.6 Å². The molecule has 0 aliphatic carbocycles. The van der Waals surface area contributed by atoms with E-state index in [1.165, 1.54) is 0 Å². The maximum atomic E-state index is 12.4. The van der Waals surface area contributed by atoms with Crippen LogP contribution in [0.2, 0.25) is 0 Å². The third-order valence-corrected chi connectivity index (χ3v) is 5.71. The van der Waals surface area contributed by atoms with Crippen LogP contribution in [0.3, 0.4) is 0 Å². The molecule has 0 aromatic rings. The molecule has 0 saturated carbocycles. The van der Waals surface area contributed by atoms with Crippen LogP contribution in [0.4, 0.5) is 0 Å². The molecule has 1 aliphatic heterocycles. The SMILES string of the molecule is C#CCCCC(=O)OC[C@@H](COC(=O)CCOCCOCCON=C(C)C)OC(=O)CCCCCC(=O)ON1C(=O)CCC1=O. The molecule has 1 saturated heterocycles. The predicted octanol–water partition coefficient (Wildman–Crippen LogP) is 2.18. The average Bonchev–Trinajstić information content (AvgIpc) is 3.31. The van der Waals surface area contributed by atoms with Crippen molar-refractivity contribution in [3.63, 3.8) is 0 Å². The van der Waals surface area contributed by atoms with E-state index in [4.69, 9.17) is 39.8 Å². The molecule has 2 amide bonds. The van der Waals surface area contributed by atoms with Crippen LogP contribution in [0.15, 0.2) is 5.16 Å². The minimum atomic E-state index is -1.03. The number of carbonyl (C=O) groups excluding carboxylic acids is 6. The molecular formula is C30H44N2O13. The molecule has 0 aromatic carbocycles. The number of nitrogens with zero attached hydrogens (tertiary/aromatic N) is 2. The zero-order chi connectivity index (χ0) is 33.3. The maximum absolute atomic E-state index is 12.4. The number of esters is 3. The second kappa shape index (κ2) is 24.3. The van der Waals surface area contributed by atoms with Crippen molar-refractivity contribution < 1.29 is 62.1 Å². The number of amides is 2. The third kappa shape index (κ3) is 20.5. The van der Waals surface area contributed by atoms with Gasteiger partial charge < -0.3 is 33.4 Å². The van der Waals surface area contributed by atoms with Crippen LogP contribution < -0.4 is 0 Å². The first-order chi connectivity index (χ1) is 21.6. The van der Waals surface area contributed by atoms with Crippen molar-refractivity contribution in [1.29, 1.82) is 0 Å². The number of terminal acetylenes is 1. The van der Waals surface area contributed by atoms with Crippen molar-refractivity contribution >= 4 is 41.4 Å². The maximum Gasteiger partial charge on any atom is 0.333 e. The summed E-state index contributed by atoms with van der Waals surface area (Å²) in [4.78, 5) is 81.2. The van der Waals surface area contributed by atoms with Crippen molar-refractivity contribution in [3.05, 3.63) is 0 Å². The summed E-state index contributed by atoms with van der Waals surface area (Å²) in [5.41, 5.74) is 0.801. The number of oxime groups is 1. The van der Waals surface area contributed by atoms with Gasteiger partial charge in [-0.15, -0.1) is 17.4 Å². The summed E-state index contributed by atoms with van der Waals surface area (Å²) in [5, 5.41) is 4.27. The minimum Gasteiger partial charge on any atom is -0.462 e. The summed E-state index contributed by atoms with van der Waals surface area (Å²) < 4.78 is 26.4. The largest absolute Gasteiger partial charge is 0.462 e. The van der Waals surface area contributed by atoms with E-state index in [-0.39, 0.29) is 65.0 Å². The van der Waals surface area contributed by atoms with Crippen LogP contribution >= 0.6 is 0 Å². The van der Waals surface area contributed by atoms with Crippen LogP contribution in [0.1, 0.15) is 84.5 Å². The Hall–Kier alpha value is -4.03. The van der Waals surface area contributed by atoms with Crippen molar-refractivity contribution in [3.8, 4) is 12.3 Å². The third-order valence-electron chi connectivity index (χ3n) is 5.71. The summed E-state index contributed by atoms with van der Waals surface area (Å²) in [5.74, 6) is -1.14. The Kier molecular flexibility index (Phi) is 21.1. The normalized spacial score (nSPS) is 13.0. The lowest BCUT2D eigenvalue weighted by molar-refractivity contribution is -0.197. The topological polar surface area (TPSA) is 183 Å². The molecular weight excluding hydrogens is 596 g/mol. The number of ether oxygens (including phenoxy) is 5. The van der Waals surface area contributed by atoms with Gasteiger partial charge >= 0.3 is 23.9 Å². The van der Waals surface area contributed by atoms with E-state index < -0.39 is 41.8 Å². The van der Waals surface area contributed by atoms with Gasteiger partial charge in [-0.3, -0.25) is 24.0 Å². The van der Waals surface area contributed by atoms with Crippen molar-refractivity contribution in [2.24, 2.45) is 5.16 Å². The van der Waals surface area contributed by atoms with Crippen LogP contribution in [-0.4, -0.2) is 98.8 Å². The standard InChI is InChI=1S/C30H44N2O13/c1-4-5-7-10-27(35)41-21-24(22-42-28(36)15-16-39-17-18-40-19-20-43-31-23(2)3)44-29(37)11-8-6-9-12-30(38)45-32-25(33)13-14-26(32)34/h1,24H,5-22H2,2-3H3/t24-/m0/s1. The zero-order valence-corrected chi connectivity index (χ0v) is 26.1. The Morgan fingerprint density at radius 1 is 0.756 bits per heavy atom. The summed E-state index contributed by atoms with van der Waals surface area (Å²) in [6.45, 7) is 4.30. The van der Waals surface area contributed by atoms with E-state index in [0.29, 0.717) is 57.0 Å². The lowest BCUT2D eigenvalue weighted by Gasteiger charge is -2.18. The Morgan fingerprint density at radius 2 is 1.31 bits per heavy atom. The van der Waals surface area contributed by atoms with E-state index in [0.717, 1.165) is 5.71 Å². The molecule has 0 spiro atoms. The second-order valence-electron chi connectivity index (χ2n) is 9.99. The van der Waals surface area contributed by atoms with Gasteiger partial charge in [0.1, 0.15) is 19.8 Å². The molecule has 15 heteroatoms. The van der Waals surface area contributed by atoms with Gasteiger partial charge in [0.05, 0.1) is 38.6 Å². The molecule has 0 N–H and O–H groups in total. The molecule has 0 unspecified atom stereocenters. The number of hydrogen-bond donors (Lipinski definition) is 0. The van der Waals surface area contributed by atoms with Gasteiger partial charge in [0.25, 0.3) is 11.8 Å². The molecule has 1 aliphatic rings. The van der Waals surface area contributed by atoms with Crippen LogP contribution in [0.5, 0.6) is 0 Å². The van der Waals surface area contributed by atoms with Crippen molar-refractivity contribution in [1.82, 2.24) is 5.06 Å². The molecule has 1 heterocycles. The van der Waals surface area contributed by atoms with E-state index >= 15 is 0 Å². The van der Waals surface area contributed by atoms with Crippen LogP contribution in [0.25, 0.3) is 0 Å². The molecule has 252 valence electrons. The quantitative estimate of drug-likeness (QED) is 0.0269. The summed E-state index contributed by atoms with van der Waals surface area (Å²) in [7, 11) is 0. The molecule has 1 rings (SSSR count). The van der Waals surface area contributed by atoms with Gasteiger partial charge in [-0.05, 0) is 33.1 Å². The van der Waals surface area contributed by atoms with Crippen molar-refractivity contribution in [2.75, 3.05) is 46.2 Å². The van der Waals surface area contributed by atoms with Gasteiger partial charge in [-0.2, -0.15) is 0 Å². The Bertz CT molecular complexity index is 1020. The highest BCUT2D eigenvalue weighted by atomic mass is 16.7. The lowest BCUT2D eigenvalue weighted by Crippen LogP contribution is -2.32. The number of rotatable bonds is 25. The highest BCUT2D eigenvalue weighted by molar-refractivity contribution is 6.01. The Balaban J connectivity index is 2.33. The number of hydrogen-bond acceptors (Lipinski definition) is 14. The number of unbranched alkanes of at least 4 members (excludes halogenated alkanes) is 3. The molecule has 1 fully saturated rings. The van der Waals surface area contributed by atoms with E-state index in [9.17, 15) is 28.8 Å². The summed E-state index contributed by atoms with van der Waals surface area (Å²) in [6.07, 6.45) is 6.21. The predicted molar refractivity (Wildman–Crippen MR) is 156 cm³/mol. The number of carbonyl (C=O) groups is 6. The molecule has 15 nitrogen and oxygen atoms in total. The molecule has 45 heavy (non-hydrogen) atoms. The monoisotopic (exact) mass is 640 g/mol.